The molecule has 2 aliphatic rings. The van der Waals surface area contributed by atoms with Crippen molar-refractivity contribution in [2.75, 3.05) is 0 Å². The van der Waals surface area contributed by atoms with Gasteiger partial charge in [-0.15, -0.1) is 5.10 Å². The topological polar surface area (TPSA) is 51.0 Å². The van der Waals surface area contributed by atoms with Crippen molar-refractivity contribution in [2.45, 2.75) is 38.8 Å². The van der Waals surface area contributed by atoms with Crippen molar-refractivity contribution in [1.82, 2.24) is 19.9 Å². The highest BCUT2D eigenvalue weighted by atomic mass is 19.1. The maximum absolute atomic E-state index is 14.1. The minimum atomic E-state index is -0.343. The first-order chi connectivity index (χ1) is 13.0. The molecule has 1 saturated carbocycles. The van der Waals surface area contributed by atoms with Crippen LogP contribution in [0.5, 0.6) is 0 Å². The number of fused-ring (bicyclic) bond motifs is 1. The number of hydrogen-bond donors (Lipinski definition) is 0. The number of benzene rings is 2. The standard InChI is InChI=1S/C21H19FN4O/c1-13-19(23-24-26(13)18-6-4-3-5-17(18)22)14-7-8-16-15(11-14)12-25(20(16)27)21(2)9-10-21/h3-8,11H,9-10,12H2,1-2H3. The Morgan fingerprint density at radius 3 is 2.67 bits per heavy atom. The quantitative estimate of drug-likeness (QED) is 0.710. The highest BCUT2D eigenvalue weighted by Crippen LogP contribution is 2.45. The van der Waals surface area contributed by atoms with Crippen LogP contribution in [0, 0.1) is 12.7 Å². The third kappa shape index (κ3) is 2.40. The Hall–Kier alpha value is -3.02. The van der Waals surface area contributed by atoms with Crippen LogP contribution in [-0.4, -0.2) is 31.3 Å². The van der Waals surface area contributed by atoms with E-state index in [1.54, 1.807) is 18.2 Å². The van der Waals surface area contributed by atoms with Gasteiger partial charge in [0.05, 0.1) is 5.69 Å². The number of rotatable bonds is 3. The second-order valence-corrected chi connectivity index (χ2v) is 7.65. The zero-order valence-corrected chi connectivity index (χ0v) is 15.2. The summed E-state index contributed by atoms with van der Waals surface area (Å²) in [6, 6.07) is 12.3. The fourth-order valence-corrected chi connectivity index (χ4v) is 3.80. The number of para-hydroxylation sites is 1. The Balaban J connectivity index is 1.53. The molecule has 5 nitrogen and oxygen atoms in total. The van der Waals surface area contributed by atoms with Crippen LogP contribution in [0.15, 0.2) is 42.5 Å². The molecule has 136 valence electrons. The lowest BCUT2D eigenvalue weighted by atomic mass is 10.0. The maximum Gasteiger partial charge on any atom is 0.254 e. The molecule has 1 aliphatic carbocycles. The molecular weight excluding hydrogens is 343 g/mol. The molecule has 0 bridgehead atoms. The predicted octanol–water partition coefficient (Wildman–Crippen LogP) is 3.89. The van der Waals surface area contributed by atoms with Gasteiger partial charge in [0.2, 0.25) is 0 Å². The van der Waals surface area contributed by atoms with E-state index < -0.39 is 0 Å². The predicted molar refractivity (Wildman–Crippen MR) is 99.0 cm³/mol. The SMILES string of the molecule is Cc1c(-c2ccc3c(c2)CN(C2(C)CC2)C3=O)nnn1-c1ccccc1F. The van der Waals surface area contributed by atoms with Crippen molar-refractivity contribution in [2.24, 2.45) is 0 Å². The molecule has 0 spiro atoms. The van der Waals surface area contributed by atoms with Gasteiger partial charge in [0, 0.05) is 23.2 Å². The van der Waals surface area contributed by atoms with Crippen molar-refractivity contribution in [3.8, 4) is 16.9 Å². The molecule has 0 atom stereocenters. The van der Waals surface area contributed by atoms with Crippen LogP contribution in [-0.2, 0) is 6.54 Å². The number of carbonyl (C=O) groups excluding carboxylic acids is 1. The normalized spacial score (nSPS) is 17.3. The lowest BCUT2D eigenvalue weighted by Gasteiger charge is -2.23. The summed E-state index contributed by atoms with van der Waals surface area (Å²) in [7, 11) is 0. The molecule has 1 fully saturated rings. The maximum atomic E-state index is 14.1. The number of aromatic nitrogens is 3. The minimum absolute atomic E-state index is 0.0140. The summed E-state index contributed by atoms with van der Waals surface area (Å²) < 4.78 is 15.6. The van der Waals surface area contributed by atoms with Crippen LogP contribution >= 0.6 is 0 Å². The molecule has 2 aromatic carbocycles. The number of amides is 1. The van der Waals surface area contributed by atoms with E-state index in [2.05, 4.69) is 17.2 Å². The molecule has 5 rings (SSSR count). The van der Waals surface area contributed by atoms with E-state index in [0.717, 1.165) is 35.2 Å². The lowest BCUT2D eigenvalue weighted by Crippen LogP contribution is -2.34. The molecule has 0 saturated heterocycles. The van der Waals surface area contributed by atoms with Crippen LogP contribution in [0.1, 0.15) is 41.4 Å². The number of halogens is 1. The minimum Gasteiger partial charge on any atom is -0.329 e. The molecule has 0 radical (unpaired) electrons. The molecule has 6 heteroatoms. The molecule has 2 heterocycles. The fraction of sp³-hybridized carbons (Fsp3) is 0.286. The van der Waals surface area contributed by atoms with E-state index in [1.807, 2.05) is 30.0 Å². The lowest BCUT2D eigenvalue weighted by molar-refractivity contribution is 0.0693. The molecule has 1 amide bonds. The summed E-state index contributed by atoms with van der Waals surface area (Å²) in [5.41, 5.74) is 4.53. The second kappa shape index (κ2) is 5.49. The first-order valence-electron chi connectivity index (χ1n) is 9.10. The van der Waals surface area contributed by atoms with Gasteiger partial charge in [-0.05, 0) is 56.5 Å². The van der Waals surface area contributed by atoms with Gasteiger partial charge >= 0.3 is 0 Å². The summed E-state index contributed by atoms with van der Waals surface area (Å²) in [5, 5.41) is 8.42. The van der Waals surface area contributed by atoms with Gasteiger partial charge in [-0.2, -0.15) is 0 Å². The van der Waals surface area contributed by atoms with Crippen LogP contribution in [0.4, 0.5) is 4.39 Å². The van der Waals surface area contributed by atoms with E-state index in [1.165, 1.54) is 10.7 Å². The van der Waals surface area contributed by atoms with E-state index in [-0.39, 0.29) is 17.3 Å². The Kier molecular flexibility index (Phi) is 3.29. The van der Waals surface area contributed by atoms with Crippen molar-refractivity contribution < 1.29 is 9.18 Å². The Labute approximate surface area is 156 Å². The van der Waals surface area contributed by atoms with Crippen molar-refractivity contribution in [3.63, 3.8) is 0 Å². The van der Waals surface area contributed by atoms with Gasteiger partial charge in [0.25, 0.3) is 5.91 Å². The largest absolute Gasteiger partial charge is 0.329 e. The smallest absolute Gasteiger partial charge is 0.254 e. The average molecular weight is 362 g/mol. The van der Waals surface area contributed by atoms with Gasteiger partial charge in [-0.1, -0.05) is 23.4 Å². The summed E-state index contributed by atoms with van der Waals surface area (Å²) in [5.74, 6) is -0.229. The molecule has 1 aromatic heterocycles. The van der Waals surface area contributed by atoms with Gasteiger partial charge in [0.1, 0.15) is 17.2 Å². The van der Waals surface area contributed by atoms with E-state index in [0.29, 0.717) is 17.9 Å². The zero-order chi connectivity index (χ0) is 18.8. The first-order valence-corrected chi connectivity index (χ1v) is 9.10. The fourth-order valence-electron chi connectivity index (χ4n) is 3.80. The molecule has 0 unspecified atom stereocenters. The van der Waals surface area contributed by atoms with Gasteiger partial charge in [0.15, 0.2) is 0 Å². The summed E-state index contributed by atoms with van der Waals surface area (Å²) >= 11 is 0. The number of nitrogens with zero attached hydrogens (tertiary/aromatic N) is 4. The summed E-state index contributed by atoms with van der Waals surface area (Å²) in [6.07, 6.45) is 2.13. The van der Waals surface area contributed by atoms with Crippen LogP contribution < -0.4 is 0 Å². The summed E-state index contributed by atoms with van der Waals surface area (Å²) in [4.78, 5) is 14.7. The van der Waals surface area contributed by atoms with Gasteiger partial charge in [-0.3, -0.25) is 4.79 Å². The first kappa shape index (κ1) is 16.2. The Bertz CT molecular complexity index is 1080. The third-order valence-electron chi connectivity index (χ3n) is 5.78. The Morgan fingerprint density at radius 2 is 1.93 bits per heavy atom. The van der Waals surface area contributed by atoms with Crippen LogP contribution in [0.2, 0.25) is 0 Å². The third-order valence-corrected chi connectivity index (χ3v) is 5.78. The van der Waals surface area contributed by atoms with Crippen LogP contribution in [0.3, 0.4) is 0 Å². The van der Waals surface area contributed by atoms with Gasteiger partial charge < -0.3 is 4.90 Å². The average Bonchev–Trinajstić information content (AvgIpc) is 3.15. The van der Waals surface area contributed by atoms with E-state index in [9.17, 15) is 9.18 Å². The highest BCUT2D eigenvalue weighted by molar-refractivity contribution is 5.99. The molecule has 3 aromatic rings. The Morgan fingerprint density at radius 1 is 1.15 bits per heavy atom. The number of hydrogen-bond acceptors (Lipinski definition) is 3. The second-order valence-electron chi connectivity index (χ2n) is 7.65. The number of carbonyl (C=O) groups is 1. The zero-order valence-electron chi connectivity index (χ0n) is 15.2. The molecular formula is C21H19FN4O. The van der Waals surface area contributed by atoms with Crippen molar-refractivity contribution >= 4 is 5.91 Å². The molecule has 27 heavy (non-hydrogen) atoms. The summed E-state index contributed by atoms with van der Waals surface area (Å²) in [6.45, 7) is 4.65. The van der Waals surface area contributed by atoms with Gasteiger partial charge in [-0.25, -0.2) is 9.07 Å². The van der Waals surface area contributed by atoms with Crippen molar-refractivity contribution in [1.29, 1.82) is 0 Å². The monoisotopic (exact) mass is 362 g/mol. The van der Waals surface area contributed by atoms with E-state index in [4.69, 9.17) is 0 Å². The van der Waals surface area contributed by atoms with E-state index >= 15 is 0 Å². The van der Waals surface area contributed by atoms with Crippen molar-refractivity contribution in [3.05, 3.63) is 65.1 Å². The highest BCUT2D eigenvalue weighted by Gasteiger charge is 2.48. The van der Waals surface area contributed by atoms with Crippen LogP contribution in [0.25, 0.3) is 16.9 Å². The molecule has 0 N–H and O–H groups in total. The molecule has 1 aliphatic heterocycles.